The normalized spacial score (nSPS) is 19.6. The molecule has 0 aromatic carbocycles. The fraction of sp³-hybridized carbons (Fsp3) is 1.00. The number of aliphatic hydroxyl groups excluding tert-OH is 5. The monoisotopic (exact) mass is 198 g/mol. The molecular weight excluding hydrogens is 184 g/mol. The molecule has 7 nitrogen and oxygen atoms in total. The highest BCUT2D eigenvalue weighted by Gasteiger charge is 2.44. The van der Waals surface area contributed by atoms with Gasteiger partial charge in [-0.15, -0.1) is 0 Å². The third kappa shape index (κ3) is 2.85. The molecule has 0 aromatic rings. The lowest BCUT2D eigenvalue weighted by atomic mass is 10.00. The smallest absolute Gasteiger partial charge is 0.221 e. The molecule has 0 aromatic heterocycles. The molecule has 0 aliphatic carbocycles. The fourth-order valence-electron chi connectivity index (χ4n) is 0.714. The van der Waals surface area contributed by atoms with Gasteiger partial charge in [-0.2, -0.15) is 0 Å². The van der Waals surface area contributed by atoms with Crippen LogP contribution in [0.15, 0.2) is 0 Å². The van der Waals surface area contributed by atoms with Crippen LogP contribution < -0.4 is 0 Å². The van der Waals surface area contributed by atoms with Gasteiger partial charge in [0.05, 0.1) is 13.2 Å². The van der Waals surface area contributed by atoms with E-state index < -0.39 is 37.3 Å². The van der Waals surface area contributed by atoms with E-state index in [1.807, 2.05) is 0 Å². The Morgan fingerprint density at radius 3 is 1.69 bits per heavy atom. The molecule has 0 saturated carbocycles. The molecule has 0 rings (SSSR count). The first-order valence-corrected chi connectivity index (χ1v) is 3.58. The summed E-state index contributed by atoms with van der Waals surface area (Å²) < 4.78 is 0. The molecule has 0 aliphatic rings. The number of aliphatic hydroxyl groups is 7. The number of rotatable bonds is 5. The van der Waals surface area contributed by atoms with Crippen LogP contribution >= 0.6 is 0 Å². The maximum atomic E-state index is 8.98. The lowest BCUT2D eigenvalue weighted by Gasteiger charge is -2.32. The van der Waals surface area contributed by atoms with E-state index in [1.165, 1.54) is 0 Å². The summed E-state index contributed by atoms with van der Waals surface area (Å²) in [4.78, 5) is 0. The van der Waals surface area contributed by atoms with Crippen LogP contribution in [-0.4, -0.2) is 73.1 Å². The van der Waals surface area contributed by atoms with E-state index in [1.54, 1.807) is 0 Å². The molecular formula is C6H14O7. The topological polar surface area (TPSA) is 142 Å². The zero-order chi connectivity index (χ0) is 10.6. The molecule has 3 atom stereocenters. The predicted molar refractivity (Wildman–Crippen MR) is 39.4 cm³/mol. The lowest BCUT2D eigenvalue weighted by molar-refractivity contribution is -0.297. The fourth-order valence-corrected chi connectivity index (χ4v) is 0.714. The molecule has 0 unspecified atom stereocenters. The van der Waals surface area contributed by atoms with E-state index >= 15 is 0 Å². The van der Waals surface area contributed by atoms with Gasteiger partial charge < -0.3 is 35.7 Å². The number of hydrogen-bond acceptors (Lipinski definition) is 7. The molecule has 0 fully saturated rings. The largest absolute Gasteiger partial charge is 0.394 e. The Hall–Kier alpha value is -0.280. The van der Waals surface area contributed by atoms with E-state index in [9.17, 15) is 0 Å². The van der Waals surface area contributed by atoms with Crippen molar-refractivity contribution in [1.82, 2.24) is 0 Å². The summed E-state index contributed by atoms with van der Waals surface area (Å²) in [7, 11) is 0. The minimum absolute atomic E-state index is 0.901. The Kier molecular flexibility index (Phi) is 4.71. The maximum absolute atomic E-state index is 8.98. The first kappa shape index (κ1) is 12.7. The molecule has 0 amide bonds. The van der Waals surface area contributed by atoms with Crippen LogP contribution in [0.2, 0.25) is 0 Å². The van der Waals surface area contributed by atoms with Gasteiger partial charge in [-0.05, 0) is 0 Å². The summed E-state index contributed by atoms with van der Waals surface area (Å²) in [5, 5.41) is 61.2. The van der Waals surface area contributed by atoms with Gasteiger partial charge in [0.1, 0.15) is 18.3 Å². The highest BCUT2D eigenvalue weighted by molar-refractivity contribution is 4.86. The molecule has 7 N–H and O–H groups in total. The summed E-state index contributed by atoms with van der Waals surface area (Å²) >= 11 is 0. The maximum Gasteiger partial charge on any atom is 0.221 e. The van der Waals surface area contributed by atoms with Crippen molar-refractivity contribution < 1.29 is 35.7 Å². The Labute approximate surface area is 74.1 Å². The van der Waals surface area contributed by atoms with Crippen molar-refractivity contribution in [1.29, 1.82) is 0 Å². The highest BCUT2D eigenvalue weighted by atomic mass is 16.5. The van der Waals surface area contributed by atoms with E-state index in [4.69, 9.17) is 35.7 Å². The van der Waals surface area contributed by atoms with Gasteiger partial charge >= 0.3 is 0 Å². The van der Waals surface area contributed by atoms with E-state index in [-0.39, 0.29) is 0 Å². The Bertz CT molecular complexity index is 148. The molecule has 80 valence electrons. The Morgan fingerprint density at radius 2 is 1.38 bits per heavy atom. The van der Waals surface area contributed by atoms with Crippen molar-refractivity contribution in [3.05, 3.63) is 0 Å². The molecule has 0 bridgehead atoms. The van der Waals surface area contributed by atoms with Crippen molar-refractivity contribution >= 4 is 0 Å². The standard InChI is InChI=1S/C6H14O7/c7-1-3(9)5(11)6(12,13)4(10)2-8/h3-5,7-13H,1-2H2/t3-,4+,5-/m1/s1. The van der Waals surface area contributed by atoms with Crippen molar-refractivity contribution in [3.8, 4) is 0 Å². The van der Waals surface area contributed by atoms with Crippen LogP contribution in [0.25, 0.3) is 0 Å². The van der Waals surface area contributed by atoms with Gasteiger partial charge in [-0.1, -0.05) is 0 Å². The highest BCUT2D eigenvalue weighted by Crippen LogP contribution is 2.15. The van der Waals surface area contributed by atoms with Gasteiger partial charge in [0, 0.05) is 0 Å². The number of hydrogen-bond donors (Lipinski definition) is 7. The van der Waals surface area contributed by atoms with Gasteiger partial charge in [-0.3, -0.25) is 0 Å². The van der Waals surface area contributed by atoms with Crippen molar-refractivity contribution in [2.24, 2.45) is 0 Å². The second-order valence-corrected chi connectivity index (χ2v) is 2.68. The summed E-state index contributed by atoms with van der Waals surface area (Å²) in [5.41, 5.74) is 0. The van der Waals surface area contributed by atoms with Crippen molar-refractivity contribution in [2.75, 3.05) is 13.2 Å². The summed E-state index contributed by atoms with van der Waals surface area (Å²) in [5.74, 6) is -3.06. The van der Waals surface area contributed by atoms with Crippen LogP contribution in [-0.2, 0) is 0 Å². The van der Waals surface area contributed by atoms with Crippen LogP contribution in [0.1, 0.15) is 0 Å². The second kappa shape index (κ2) is 4.82. The zero-order valence-corrected chi connectivity index (χ0v) is 6.78. The molecule has 0 saturated heterocycles. The third-order valence-electron chi connectivity index (χ3n) is 1.65. The van der Waals surface area contributed by atoms with Crippen LogP contribution in [0, 0.1) is 0 Å². The zero-order valence-electron chi connectivity index (χ0n) is 6.78. The van der Waals surface area contributed by atoms with Gasteiger partial charge in [0.2, 0.25) is 5.79 Å². The average Bonchev–Trinajstić information content (AvgIpc) is 2.13. The second-order valence-electron chi connectivity index (χ2n) is 2.68. The molecule has 7 heteroatoms. The van der Waals surface area contributed by atoms with E-state index in [0.717, 1.165) is 0 Å². The first-order chi connectivity index (χ1) is 5.87. The minimum Gasteiger partial charge on any atom is -0.394 e. The molecule has 0 aliphatic heterocycles. The first-order valence-electron chi connectivity index (χ1n) is 3.58. The van der Waals surface area contributed by atoms with Crippen LogP contribution in [0.5, 0.6) is 0 Å². The summed E-state index contributed by atoms with van der Waals surface area (Å²) in [6, 6.07) is 0. The Morgan fingerprint density at radius 1 is 0.923 bits per heavy atom. The average molecular weight is 198 g/mol. The lowest BCUT2D eigenvalue weighted by Crippen LogP contribution is -2.58. The summed E-state index contributed by atoms with van der Waals surface area (Å²) in [6.07, 6.45) is -6.00. The third-order valence-corrected chi connectivity index (χ3v) is 1.65. The van der Waals surface area contributed by atoms with Gasteiger partial charge in [0.15, 0.2) is 0 Å². The quantitative estimate of drug-likeness (QED) is 0.222. The Balaban J connectivity index is 4.42. The van der Waals surface area contributed by atoms with Crippen molar-refractivity contribution in [3.63, 3.8) is 0 Å². The van der Waals surface area contributed by atoms with Gasteiger partial charge in [0.25, 0.3) is 0 Å². The van der Waals surface area contributed by atoms with Crippen LogP contribution in [0.3, 0.4) is 0 Å². The summed E-state index contributed by atoms with van der Waals surface area (Å²) in [6.45, 7) is -1.90. The molecule has 13 heavy (non-hydrogen) atoms. The van der Waals surface area contributed by atoms with Crippen LogP contribution in [0.4, 0.5) is 0 Å². The minimum atomic E-state index is -3.06. The molecule has 0 heterocycles. The van der Waals surface area contributed by atoms with E-state index in [0.29, 0.717) is 0 Å². The van der Waals surface area contributed by atoms with Gasteiger partial charge in [-0.25, -0.2) is 0 Å². The van der Waals surface area contributed by atoms with E-state index in [2.05, 4.69) is 0 Å². The molecule has 0 spiro atoms. The SMILES string of the molecule is OC[C@@H](O)[C@@H](O)C(O)(O)[C@@H](O)CO. The molecule has 0 radical (unpaired) electrons. The van der Waals surface area contributed by atoms with Crippen molar-refractivity contribution in [2.45, 2.75) is 24.1 Å². The predicted octanol–water partition coefficient (Wildman–Crippen LogP) is -4.27.